The van der Waals surface area contributed by atoms with Crippen molar-refractivity contribution in [1.29, 1.82) is 0 Å². The molecule has 0 N–H and O–H groups in total. The molecule has 0 aromatic heterocycles. The second-order valence-corrected chi connectivity index (χ2v) is 20.3. The molecule has 0 saturated heterocycles. The topological polar surface area (TPSA) is 78.9 Å². The molecule has 0 aliphatic carbocycles. The highest BCUT2D eigenvalue weighted by Crippen LogP contribution is 2.18. The summed E-state index contributed by atoms with van der Waals surface area (Å²) in [4.78, 5) is 37.9. The van der Waals surface area contributed by atoms with Crippen molar-refractivity contribution in [2.24, 2.45) is 0 Å². The maximum atomic E-state index is 12.8. The largest absolute Gasteiger partial charge is 0.462 e. The lowest BCUT2D eigenvalue weighted by atomic mass is 10.0. The molecule has 0 aliphatic rings. The van der Waals surface area contributed by atoms with Crippen LogP contribution in [-0.2, 0) is 28.6 Å². The van der Waals surface area contributed by atoms with Gasteiger partial charge in [0.15, 0.2) is 6.10 Å². The first kappa shape index (κ1) is 63.4. The number of unbranched alkanes of at least 4 members (excludes halogenated alkanes) is 44. The maximum Gasteiger partial charge on any atom is 0.306 e. The molecule has 0 aromatic carbocycles. The number of esters is 3. The van der Waals surface area contributed by atoms with Gasteiger partial charge in [-0.25, -0.2) is 0 Å². The highest BCUT2D eigenvalue weighted by molar-refractivity contribution is 5.71. The molecule has 0 fully saturated rings. The zero-order valence-corrected chi connectivity index (χ0v) is 44.3. The molecule has 0 saturated carbocycles. The average molecular weight is 920 g/mol. The summed E-state index contributed by atoms with van der Waals surface area (Å²) >= 11 is 0. The minimum absolute atomic E-state index is 0.0618. The van der Waals surface area contributed by atoms with Crippen LogP contribution in [0.3, 0.4) is 0 Å². The van der Waals surface area contributed by atoms with Gasteiger partial charge in [0.25, 0.3) is 0 Å². The van der Waals surface area contributed by atoms with Crippen molar-refractivity contribution in [3.8, 4) is 0 Å². The third kappa shape index (κ3) is 53.2. The molecule has 0 spiro atoms. The van der Waals surface area contributed by atoms with Crippen LogP contribution in [-0.4, -0.2) is 37.2 Å². The van der Waals surface area contributed by atoms with Crippen molar-refractivity contribution in [3.05, 3.63) is 0 Å². The van der Waals surface area contributed by atoms with Crippen LogP contribution in [0.1, 0.15) is 342 Å². The molecule has 386 valence electrons. The molecule has 0 bridgehead atoms. The zero-order chi connectivity index (χ0) is 47.2. The molecular formula is C59H114O6. The standard InChI is InChI=1S/C59H114O6/c1-4-7-10-13-16-18-20-22-24-26-27-28-29-30-31-33-34-36-38-40-43-46-49-52-58(61)64-55-56(54-63-57(60)51-48-45-42-15-12-9-6-3)65-59(62)53-50-47-44-41-39-37-35-32-25-23-21-19-17-14-11-8-5-2/h56H,4-55H2,1-3H3. The Balaban J connectivity index is 4.08. The number of carbonyl (C=O) groups is 3. The van der Waals surface area contributed by atoms with Crippen molar-refractivity contribution in [2.45, 2.75) is 348 Å². The van der Waals surface area contributed by atoms with E-state index in [-0.39, 0.29) is 31.1 Å². The fourth-order valence-corrected chi connectivity index (χ4v) is 9.15. The van der Waals surface area contributed by atoms with E-state index in [1.165, 1.54) is 244 Å². The average Bonchev–Trinajstić information content (AvgIpc) is 3.30. The van der Waals surface area contributed by atoms with Crippen molar-refractivity contribution in [1.82, 2.24) is 0 Å². The quantitative estimate of drug-likeness (QED) is 0.0344. The Hall–Kier alpha value is -1.59. The fourth-order valence-electron chi connectivity index (χ4n) is 9.15. The van der Waals surface area contributed by atoms with Crippen molar-refractivity contribution in [2.75, 3.05) is 13.2 Å². The van der Waals surface area contributed by atoms with Gasteiger partial charge in [0, 0.05) is 19.3 Å². The fraction of sp³-hybridized carbons (Fsp3) is 0.949. The van der Waals surface area contributed by atoms with E-state index in [9.17, 15) is 14.4 Å². The first-order chi connectivity index (χ1) is 32.0. The van der Waals surface area contributed by atoms with Gasteiger partial charge >= 0.3 is 17.9 Å². The Morgan fingerprint density at radius 3 is 0.615 bits per heavy atom. The summed E-state index contributed by atoms with van der Waals surface area (Å²) in [6.45, 7) is 6.67. The van der Waals surface area contributed by atoms with Gasteiger partial charge in [0.1, 0.15) is 13.2 Å². The van der Waals surface area contributed by atoms with E-state index in [1.54, 1.807) is 0 Å². The molecule has 1 unspecified atom stereocenters. The zero-order valence-electron chi connectivity index (χ0n) is 44.3. The lowest BCUT2D eigenvalue weighted by Crippen LogP contribution is -2.30. The predicted molar refractivity (Wildman–Crippen MR) is 280 cm³/mol. The van der Waals surface area contributed by atoms with Crippen molar-refractivity contribution >= 4 is 17.9 Å². The van der Waals surface area contributed by atoms with Crippen LogP contribution < -0.4 is 0 Å². The molecule has 6 nitrogen and oxygen atoms in total. The van der Waals surface area contributed by atoms with E-state index >= 15 is 0 Å². The van der Waals surface area contributed by atoms with Crippen LogP contribution in [0.4, 0.5) is 0 Å². The smallest absolute Gasteiger partial charge is 0.306 e. The molecule has 1 atom stereocenters. The summed E-state index contributed by atoms with van der Waals surface area (Å²) in [5, 5.41) is 0. The van der Waals surface area contributed by atoms with E-state index in [2.05, 4.69) is 20.8 Å². The van der Waals surface area contributed by atoms with Crippen LogP contribution >= 0.6 is 0 Å². The van der Waals surface area contributed by atoms with Crippen LogP contribution in [0.25, 0.3) is 0 Å². The van der Waals surface area contributed by atoms with Gasteiger partial charge in [0.2, 0.25) is 0 Å². The lowest BCUT2D eigenvalue weighted by molar-refractivity contribution is -0.167. The molecule has 0 aliphatic heterocycles. The summed E-state index contributed by atoms with van der Waals surface area (Å²) in [6, 6.07) is 0. The van der Waals surface area contributed by atoms with E-state index in [0.717, 1.165) is 57.8 Å². The van der Waals surface area contributed by atoms with Crippen molar-refractivity contribution < 1.29 is 28.6 Å². The number of carbonyl (C=O) groups excluding carboxylic acids is 3. The summed E-state index contributed by atoms with van der Waals surface area (Å²) in [5.74, 6) is -0.841. The molecular weight excluding hydrogens is 805 g/mol. The molecule has 0 heterocycles. The van der Waals surface area contributed by atoms with Gasteiger partial charge in [-0.15, -0.1) is 0 Å². The van der Waals surface area contributed by atoms with Crippen LogP contribution in [0.2, 0.25) is 0 Å². The van der Waals surface area contributed by atoms with Gasteiger partial charge < -0.3 is 14.2 Å². The van der Waals surface area contributed by atoms with Gasteiger partial charge in [-0.05, 0) is 19.3 Å². The summed E-state index contributed by atoms with van der Waals surface area (Å²) in [6.07, 6.45) is 61.3. The second-order valence-electron chi connectivity index (χ2n) is 20.3. The van der Waals surface area contributed by atoms with Gasteiger partial charge in [-0.1, -0.05) is 303 Å². The molecule has 0 radical (unpaired) electrons. The molecule has 0 rings (SSSR count). The number of hydrogen-bond donors (Lipinski definition) is 0. The molecule has 0 amide bonds. The minimum atomic E-state index is -0.760. The highest BCUT2D eigenvalue weighted by atomic mass is 16.6. The van der Waals surface area contributed by atoms with Crippen LogP contribution in [0.5, 0.6) is 0 Å². The second kappa shape index (κ2) is 55.0. The van der Waals surface area contributed by atoms with Gasteiger partial charge in [0.05, 0.1) is 0 Å². The van der Waals surface area contributed by atoms with E-state index in [0.29, 0.717) is 19.3 Å². The number of rotatable bonds is 55. The monoisotopic (exact) mass is 919 g/mol. The van der Waals surface area contributed by atoms with Crippen molar-refractivity contribution in [3.63, 3.8) is 0 Å². The Labute approximate surface area is 406 Å². The van der Waals surface area contributed by atoms with E-state index < -0.39 is 6.10 Å². The van der Waals surface area contributed by atoms with Crippen LogP contribution in [0, 0.1) is 0 Å². The SMILES string of the molecule is CCCCCCCCCCCCCCCCCCCCCCCCCC(=O)OCC(COC(=O)CCCCCCCCC)OC(=O)CCCCCCCCCCCCCCCCCCC. The lowest BCUT2D eigenvalue weighted by Gasteiger charge is -2.18. The highest BCUT2D eigenvalue weighted by Gasteiger charge is 2.19. The minimum Gasteiger partial charge on any atom is -0.462 e. The maximum absolute atomic E-state index is 12.8. The Kier molecular flexibility index (Phi) is 53.7. The summed E-state index contributed by atoms with van der Waals surface area (Å²) in [7, 11) is 0. The number of ether oxygens (including phenoxy) is 3. The Bertz CT molecular complexity index is 967. The van der Waals surface area contributed by atoms with E-state index in [4.69, 9.17) is 14.2 Å². The predicted octanol–water partition coefficient (Wildman–Crippen LogP) is 19.5. The normalized spacial score (nSPS) is 11.9. The summed E-state index contributed by atoms with van der Waals surface area (Å²) < 4.78 is 16.8. The summed E-state index contributed by atoms with van der Waals surface area (Å²) in [5.41, 5.74) is 0. The van der Waals surface area contributed by atoms with Gasteiger partial charge in [-0.3, -0.25) is 14.4 Å². The molecule has 65 heavy (non-hydrogen) atoms. The molecule has 0 aromatic rings. The van der Waals surface area contributed by atoms with E-state index in [1.807, 2.05) is 0 Å². The first-order valence-corrected chi connectivity index (χ1v) is 29.5. The Morgan fingerprint density at radius 2 is 0.415 bits per heavy atom. The van der Waals surface area contributed by atoms with Crippen LogP contribution in [0.15, 0.2) is 0 Å². The first-order valence-electron chi connectivity index (χ1n) is 29.5. The van der Waals surface area contributed by atoms with Gasteiger partial charge in [-0.2, -0.15) is 0 Å². The molecule has 6 heteroatoms. The third-order valence-electron chi connectivity index (χ3n) is 13.6. The third-order valence-corrected chi connectivity index (χ3v) is 13.6. The number of hydrogen-bond acceptors (Lipinski definition) is 6. The Morgan fingerprint density at radius 1 is 0.246 bits per heavy atom.